The molecule has 1 N–H and O–H groups in total. The number of aliphatic hydroxyl groups excluding tert-OH is 1. The summed E-state index contributed by atoms with van der Waals surface area (Å²) in [6.07, 6.45) is -1.72. The van der Waals surface area contributed by atoms with Gasteiger partial charge in [-0.2, -0.15) is 0 Å². The Hall–Kier alpha value is -3.14. The first-order chi connectivity index (χ1) is 14.3. The Kier molecular flexibility index (Phi) is 7.27. The van der Waals surface area contributed by atoms with E-state index < -0.39 is 52.6 Å². The van der Waals surface area contributed by atoms with Gasteiger partial charge < -0.3 is 19.5 Å². The van der Waals surface area contributed by atoms with Crippen LogP contribution in [0.3, 0.4) is 0 Å². The molecule has 1 unspecified atom stereocenters. The molecule has 2 aromatic carbocycles. The largest absolute Gasteiger partial charge is 0.444 e. The number of halogens is 4. The number of esters is 1. The zero-order valence-electron chi connectivity index (χ0n) is 17.2. The number of likely N-dealkylation sites (N-methyl/N-ethyl adjacent to an activating group) is 1. The molecule has 10 heteroatoms. The van der Waals surface area contributed by atoms with E-state index in [1.807, 2.05) is 0 Å². The lowest BCUT2D eigenvalue weighted by molar-refractivity contribution is 0.0205. The second-order valence-corrected chi connectivity index (χ2v) is 7.68. The molecule has 2 aromatic rings. The van der Waals surface area contributed by atoms with Crippen molar-refractivity contribution in [3.63, 3.8) is 0 Å². The Balaban J connectivity index is 2.05. The SMILES string of the molecule is CN(CC(O)c1ccc(OC(=O)c2cc(F)c(F)c(F)c2F)cc1)C(=O)OC(C)(C)C. The summed E-state index contributed by atoms with van der Waals surface area (Å²) in [5.74, 6) is -9.33. The van der Waals surface area contributed by atoms with Gasteiger partial charge in [-0.25, -0.2) is 27.2 Å². The smallest absolute Gasteiger partial charge is 0.410 e. The minimum atomic E-state index is -2.13. The Morgan fingerprint density at radius 2 is 1.61 bits per heavy atom. The Morgan fingerprint density at radius 3 is 2.16 bits per heavy atom. The quantitative estimate of drug-likeness (QED) is 0.244. The van der Waals surface area contributed by atoms with Crippen LogP contribution >= 0.6 is 0 Å². The number of ether oxygens (including phenoxy) is 2. The molecule has 0 aliphatic carbocycles. The first-order valence-corrected chi connectivity index (χ1v) is 9.07. The predicted octanol–water partition coefficient (Wildman–Crippen LogP) is 4.36. The van der Waals surface area contributed by atoms with Crippen molar-refractivity contribution in [3.8, 4) is 5.75 Å². The van der Waals surface area contributed by atoms with E-state index in [-0.39, 0.29) is 18.4 Å². The number of carbonyl (C=O) groups excluding carboxylic acids is 2. The molecule has 31 heavy (non-hydrogen) atoms. The van der Waals surface area contributed by atoms with Gasteiger partial charge in [0.05, 0.1) is 12.6 Å². The van der Waals surface area contributed by atoms with Gasteiger partial charge in [0.1, 0.15) is 16.9 Å². The van der Waals surface area contributed by atoms with Crippen molar-refractivity contribution in [2.45, 2.75) is 32.5 Å². The molecule has 1 atom stereocenters. The van der Waals surface area contributed by atoms with Gasteiger partial charge in [0.15, 0.2) is 23.3 Å². The molecule has 0 spiro atoms. The highest BCUT2D eigenvalue weighted by molar-refractivity contribution is 5.91. The van der Waals surface area contributed by atoms with Gasteiger partial charge in [-0.1, -0.05) is 12.1 Å². The Bertz CT molecular complexity index is 973. The van der Waals surface area contributed by atoms with E-state index in [9.17, 15) is 32.3 Å². The number of amides is 1. The fourth-order valence-electron chi connectivity index (χ4n) is 2.42. The molecule has 0 aliphatic heterocycles. The molecule has 168 valence electrons. The van der Waals surface area contributed by atoms with E-state index in [1.165, 1.54) is 36.2 Å². The third-order valence-electron chi connectivity index (χ3n) is 3.95. The number of benzene rings is 2. The number of carbonyl (C=O) groups is 2. The fraction of sp³-hybridized carbons (Fsp3) is 0.333. The standard InChI is InChI=1S/C21H21F4NO5/c1-21(2,3)31-20(29)26(4)10-15(27)11-5-7-12(8-6-11)30-19(28)13-9-14(22)17(24)18(25)16(13)23/h5-9,15,27H,10H2,1-4H3. The first kappa shape index (κ1) is 24.1. The second-order valence-electron chi connectivity index (χ2n) is 7.68. The zero-order chi connectivity index (χ0) is 23.5. The molecule has 6 nitrogen and oxygen atoms in total. The van der Waals surface area contributed by atoms with Gasteiger partial charge in [-0.05, 0) is 44.5 Å². The molecule has 0 heterocycles. The summed E-state index contributed by atoms with van der Waals surface area (Å²) in [7, 11) is 1.45. The van der Waals surface area contributed by atoms with Crippen LogP contribution in [0.1, 0.15) is 42.8 Å². The maximum absolute atomic E-state index is 13.7. The maximum atomic E-state index is 13.7. The van der Waals surface area contributed by atoms with Gasteiger partial charge in [0, 0.05) is 7.05 Å². The van der Waals surface area contributed by atoms with E-state index in [0.717, 1.165) is 0 Å². The maximum Gasteiger partial charge on any atom is 0.410 e. The summed E-state index contributed by atoms with van der Waals surface area (Å²) in [4.78, 5) is 25.1. The van der Waals surface area contributed by atoms with Crippen LogP contribution in [0.15, 0.2) is 30.3 Å². The zero-order valence-corrected chi connectivity index (χ0v) is 17.2. The van der Waals surface area contributed by atoms with Crippen molar-refractivity contribution in [1.29, 1.82) is 0 Å². The monoisotopic (exact) mass is 443 g/mol. The highest BCUT2D eigenvalue weighted by Gasteiger charge is 2.25. The molecule has 0 fully saturated rings. The number of hydrogen-bond donors (Lipinski definition) is 1. The van der Waals surface area contributed by atoms with Crippen molar-refractivity contribution in [3.05, 3.63) is 64.7 Å². The number of hydrogen-bond acceptors (Lipinski definition) is 5. The number of aliphatic hydroxyl groups is 1. The van der Waals surface area contributed by atoms with E-state index >= 15 is 0 Å². The molecule has 2 rings (SSSR count). The minimum absolute atomic E-state index is 0.0899. The lowest BCUT2D eigenvalue weighted by Gasteiger charge is -2.26. The number of nitrogens with zero attached hydrogens (tertiary/aromatic N) is 1. The van der Waals surface area contributed by atoms with Gasteiger partial charge in [-0.15, -0.1) is 0 Å². The van der Waals surface area contributed by atoms with Crippen molar-refractivity contribution < 1.29 is 41.7 Å². The summed E-state index contributed by atoms with van der Waals surface area (Å²) in [6.45, 7) is 5.02. The molecule has 0 bridgehead atoms. The van der Waals surface area contributed by atoms with Crippen molar-refractivity contribution >= 4 is 12.1 Å². The van der Waals surface area contributed by atoms with Crippen LogP contribution in [0.4, 0.5) is 22.4 Å². The summed E-state index contributed by atoms with van der Waals surface area (Å²) < 4.78 is 63.3. The molecule has 0 saturated heterocycles. The molecule has 1 amide bonds. The molecule has 0 aromatic heterocycles. The van der Waals surface area contributed by atoms with Crippen molar-refractivity contribution in [2.24, 2.45) is 0 Å². The minimum Gasteiger partial charge on any atom is -0.444 e. The average Bonchev–Trinajstić information content (AvgIpc) is 2.68. The highest BCUT2D eigenvalue weighted by Crippen LogP contribution is 2.23. The van der Waals surface area contributed by atoms with Crippen LogP contribution in [0.25, 0.3) is 0 Å². The van der Waals surface area contributed by atoms with E-state index in [1.54, 1.807) is 20.8 Å². The molecular weight excluding hydrogens is 422 g/mol. The second kappa shape index (κ2) is 9.34. The normalized spacial score (nSPS) is 12.3. The van der Waals surface area contributed by atoms with Crippen LogP contribution in [0.2, 0.25) is 0 Å². The molecule has 0 aliphatic rings. The van der Waals surface area contributed by atoms with Crippen LogP contribution in [0.5, 0.6) is 5.75 Å². The lowest BCUT2D eigenvalue weighted by Crippen LogP contribution is -2.36. The molecule has 0 radical (unpaired) electrons. The summed E-state index contributed by atoms with van der Waals surface area (Å²) in [5.41, 5.74) is -1.45. The topological polar surface area (TPSA) is 76.1 Å². The predicted molar refractivity (Wildman–Crippen MR) is 101 cm³/mol. The highest BCUT2D eigenvalue weighted by atomic mass is 19.2. The van der Waals surface area contributed by atoms with Crippen LogP contribution in [0, 0.1) is 23.3 Å². The lowest BCUT2D eigenvalue weighted by atomic mass is 10.1. The summed E-state index contributed by atoms with van der Waals surface area (Å²) in [5, 5.41) is 10.3. The Morgan fingerprint density at radius 1 is 1.03 bits per heavy atom. The van der Waals surface area contributed by atoms with Crippen LogP contribution < -0.4 is 4.74 Å². The fourth-order valence-corrected chi connectivity index (χ4v) is 2.42. The van der Waals surface area contributed by atoms with E-state index in [2.05, 4.69) is 0 Å². The van der Waals surface area contributed by atoms with Gasteiger partial charge >= 0.3 is 12.1 Å². The molecule has 0 saturated carbocycles. The first-order valence-electron chi connectivity index (χ1n) is 9.07. The van der Waals surface area contributed by atoms with Gasteiger partial charge in [-0.3, -0.25) is 0 Å². The van der Waals surface area contributed by atoms with E-state index in [0.29, 0.717) is 5.56 Å². The molecular formula is C21H21F4NO5. The summed E-state index contributed by atoms with van der Waals surface area (Å²) in [6, 6.07) is 5.44. The van der Waals surface area contributed by atoms with Gasteiger partial charge in [0.25, 0.3) is 0 Å². The van der Waals surface area contributed by atoms with Crippen LogP contribution in [-0.2, 0) is 4.74 Å². The van der Waals surface area contributed by atoms with Crippen LogP contribution in [-0.4, -0.2) is 41.3 Å². The van der Waals surface area contributed by atoms with Crippen molar-refractivity contribution in [2.75, 3.05) is 13.6 Å². The van der Waals surface area contributed by atoms with Crippen molar-refractivity contribution in [1.82, 2.24) is 4.90 Å². The van der Waals surface area contributed by atoms with Gasteiger partial charge in [0.2, 0.25) is 0 Å². The average molecular weight is 443 g/mol. The van der Waals surface area contributed by atoms with E-state index in [4.69, 9.17) is 9.47 Å². The third kappa shape index (κ3) is 6.17. The Labute approximate surface area is 176 Å². The third-order valence-corrected chi connectivity index (χ3v) is 3.95. The summed E-state index contributed by atoms with van der Waals surface area (Å²) >= 11 is 0. The number of rotatable bonds is 5.